The average molecular weight is 381 g/mol. The third-order valence-corrected chi connectivity index (χ3v) is 3.59. The second kappa shape index (κ2) is 11.9. The second-order valence-corrected chi connectivity index (χ2v) is 6.28. The van der Waals surface area contributed by atoms with Crippen molar-refractivity contribution in [1.82, 2.24) is 5.32 Å². The van der Waals surface area contributed by atoms with Crippen LogP contribution in [-0.2, 0) is 36.8 Å². The van der Waals surface area contributed by atoms with Crippen LogP contribution in [0.3, 0.4) is 0 Å². The van der Waals surface area contributed by atoms with E-state index in [0.29, 0.717) is 13.0 Å². The minimum absolute atomic E-state index is 0.165. The fourth-order valence-electron chi connectivity index (χ4n) is 1.97. The number of amides is 1. The first-order valence-electron chi connectivity index (χ1n) is 8.71. The number of aliphatic hydroxyl groups is 1. The highest BCUT2D eigenvalue weighted by Crippen LogP contribution is 2.08. The number of alkyl carbamates (subject to hydrolysis) is 1. The lowest BCUT2D eigenvalue weighted by Gasteiger charge is -2.13. The van der Waals surface area contributed by atoms with Crippen LogP contribution in [0.5, 0.6) is 0 Å². The van der Waals surface area contributed by atoms with Crippen molar-refractivity contribution in [2.75, 3.05) is 20.3 Å². The fraction of sp³-hybridized carbons (Fsp3) is 0.526. The third-order valence-electron chi connectivity index (χ3n) is 3.59. The molecular weight excluding hydrogens is 354 g/mol. The zero-order valence-corrected chi connectivity index (χ0v) is 15.9. The summed E-state index contributed by atoms with van der Waals surface area (Å²) in [5.41, 5.74) is 1.85. The van der Waals surface area contributed by atoms with Gasteiger partial charge < -0.3 is 24.6 Å². The maximum atomic E-state index is 11.7. The zero-order chi connectivity index (χ0) is 20.2. The molecule has 27 heavy (non-hydrogen) atoms. The molecule has 150 valence electrons. The molecule has 1 atom stereocenters. The van der Waals surface area contributed by atoms with Gasteiger partial charge in [-0.3, -0.25) is 9.59 Å². The predicted molar refractivity (Wildman–Crippen MR) is 96.8 cm³/mol. The summed E-state index contributed by atoms with van der Waals surface area (Å²) in [5.74, 6) is -1.13. The maximum Gasteiger partial charge on any atom is 0.407 e. The Morgan fingerprint density at radius 3 is 2.22 bits per heavy atom. The Morgan fingerprint density at radius 2 is 1.63 bits per heavy atom. The van der Waals surface area contributed by atoms with E-state index in [1.54, 1.807) is 13.8 Å². The quantitative estimate of drug-likeness (QED) is 0.467. The molecular formula is C19H27NO7. The topological polar surface area (TPSA) is 111 Å². The van der Waals surface area contributed by atoms with Gasteiger partial charge in [0.25, 0.3) is 0 Å². The molecule has 1 aromatic rings. The van der Waals surface area contributed by atoms with E-state index in [1.807, 2.05) is 24.3 Å². The van der Waals surface area contributed by atoms with Crippen LogP contribution in [0.2, 0.25) is 0 Å². The summed E-state index contributed by atoms with van der Waals surface area (Å²) in [5, 5.41) is 12.2. The highest BCUT2D eigenvalue weighted by atomic mass is 16.6. The van der Waals surface area contributed by atoms with E-state index < -0.39 is 24.1 Å². The predicted octanol–water partition coefficient (Wildman–Crippen LogP) is 1.58. The summed E-state index contributed by atoms with van der Waals surface area (Å²) >= 11 is 0. The van der Waals surface area contributed by atoms with Gasteiger partial charge >= 0.3 is 18.0 Å². The molecule has 0 spiro atoms. The van der Waals surface area contributed by atoms with Gasteiger partial charge in [-0.1, -0.05) is 38.1 Å². The number of aryl methyl sites for hydroxylation is 1. The first kappa shape index (κ1) is 22.4. The molecule has 0 saturated carbocycles. The highest BCUT2D eigenvalue weighted by Gasteiger charge is 2.14. The molecule has 0 saturated heterocycles. The Morgan fingerprint density at radius 1 is 1.04 bits per heavy atom. The SMILES string of the molecule is COC(=O)NCc1ccc(CCC(=O)OCC(O)COC(=O)C(C)C)cc1. The molecule has 0 bridgehead atoms. The Balaban J connectivity index is 2.25. The molecule has 8 nitrogen and oxygen atoms in total. The van der Waals surface area contributed by atoms with Crippen LogP contribution in [0.25, 0.3) is 0 Å². The minimum atomic E-state index is -1.04. The Labute approximate surface area is 158 Å². The van der Waals surface area contributed by atoms with Crippen LogP contribution in [0, 0.1) is 5.92 Å². The number of rotatable bonds is 10. The summed E-state index contributed by atoms with van der Waals surface area (Å²) in [6.07, 6.45) is -0.888. The van der Waals surface area contributed by atoms with E-state index in [0.717, 1.165) is 11.1 Å². The molecule has 0 fully saturated rings. The lowest BCUT2D eigenvalue weighted by Crippen LogP contribution is -2.26. The van der Waals surface area contributed by atoms with Gasteiger partial charge in [0, 0.05) is 13.0 Å². The summed E-state index contributed by atoms with van der Waals surface area (Å²) in [7, 11) is 1.30. The van der Waals surface area contributed by atoms with Gasteiger partial charge in [-0.25, -0.2) is 4.79 Å². The van der Waals surface area contributed by atoms with Crippen LogP contribution in [0.15, 0.2) is 24.3 Å². The fourth-order valence-corrected chi connectivity index (χ4v) is 1.97. The number of esters is 2. The molecule has 0 aromatic heterocycles. The lowest BCUT2D eigenvalue weighted by molar-refractivity contribution is -0.154. The van der Waals surface area contributed by atoms with E-state index in [1.165, 1.54) is 7.11 Å². The van der Waals surface area contributed by atoms with E-state index >= 15 is 0 Å². The number of benzene rings is 1. The average Bonchev–Trinajstić information content (AvgIpc) is 2.67. The van der Waals surface area contributed by atoms with Gasteiger partial charge in [-0.05, 0) is 17.5 Å². The summed E-state index contributed by atoms with van der Waals surface area (Å²) < 4.78 is 14.3. The van der Waals surface area contributed by atoms with Crippen molar-refractivity contribution in [2.45, 2.75) is 39.3 Å². The molecule has 0 heterocycles. The van der Waals surface area contributed by atoms with Crippen LogP contribution in [0.1, 0.15) is 31.4 Å². The van der Waals surface area contributed by atoms with Gasteiger partial charge in [0.2, 0.25) is 0 Å². The van der Waals surface area contributed by atoms with E-state index in [9.17, 15) is 19.5 Å². The minimum Gasteiger partial charge on any atom is -0.463 e. The van der Waals surface area contributed by atoms with Crippen LogP contribution >= 0.6 is 0 Å². The summed E-state index contributed by atoms with van der Waals surface area (Å²) in [6, 6.07) is 7.43. The van der Waals surface area contributed by atoms with Gasteiger partial charge in [-0.2, -0.15) is 0 Å². The van der Waals surface area contributed by atoms with Crippen molar-refractivity contribution in [3.05, 3.63) is 35.4 Å². The monoisotopic (exact) mass is 381 g/mol. The molecule has 0 aliphatic heterocycles. The van der Waals surface area contributed by atoms with E-state index in [-0.39, 0.29) is 25.6 Å². The largest absolute Gasteiger partial charge is 0.463 e. The normalized spacial score (nSPS) is 11.6. The smallest absolute Gasteiger partial charge is 0.407 e. The molecule has 1 aromatic carbocycles. The number of methoxy groups -OCH3 is 1. The van der Waals surface area contributed by atoms with Crippen LogP contribution < -0.4 is 5.32 Å². The number of aliphatic hydroxyl groups excluding tert-OH is 1. The molecule has 8 heteroatoms. The van der Waals surface area contributed by atoms with Crippen LogP contribution in [-0.4, -0.2) is 49.6 Å². The highest BCUT2D eigenvalue weighted by molar-refractivity contribution is 5.71. The maximum absolute atomic E-state index is 11.7. The zero-order valence-electron chi connectivity index (χ0n) is 15.9. The Bertz CT molecular complexity index is 613. The van der Waals surface area contributed by atoms with Crippen molar-refractivity contribution in [3.8, 4) is 0 Å². The summed E-state index contributed by atoms with van der Waals surface area (Å²) in [6.45, 7) is 3.32. The Hall–Kier alpha value is -2.61. The number of hydrogen-bond acceptors (Lipinski definition) is 7. The Kier molecular flexibility index (Phi) is 9.89. The molecule has 1 amide bonds. The lowest BCUT2D eigenvalue weighted by atomic mass is 10.1. The van der Waals surface area contributed by atoms with Crippen molar-refractivity contribution in [2.24, 2.45) is 5.92 Å². The number of hydrogen-bond donors (Lipinski definition) is 2. The second-order valence-electron chi connectivity index (χ2n) is 6.28. The van der Waals surface area contributed by atoms with Gasteiger partial charge in [-0.15, -0.1) is 0 Å². The van der Waals surface area contributed by atoms with Crippen molar-refractivity contribution >= 4 is 18.0 Å². The van der Waals surface area contributed by atoms with Crippen molar-refractivity contribution in [3.63, 3.8) is 0 Å². The molecule has 2 N–H and O–H groups in total. The molecule has 1 rings (SSSR count). The molecule has 0 aliphatic carbocycles. The molecule has 0 radical (unpaired) electrons. The first-order chi connectivity index (χ1) is 12.8. The van der Waals surface area contributed by atoms with Crippen molar-refractivity contribution in [1.29, 1.82) is 0 Å². The van der Waals surface area contributed by atoms with Gasteiger partial charge in [0.1, 0.15) is 19.3 Å². The number of carbonyl (C=O) groups is 3. The number of nitrogens with one attached hydrogen (secondary N) is 1. The number of carbonyl (C=O) groups excluding carboxylic acids is 3. The van der Waals surface area contributed by atoms with E-state index in [2.05, 4.69) is 10.1 Å². The standard InChI is InChI=1S/C19H27NO7/c1-13(2)18(23)27-12-16(21)11-26-17(22)9-8-14-4-6-15(7-5-14)10-20-19(24)25-3/h4-7,13,16,21H,8-12H2,1-3H3,(H,20,24). The molecule has 1 unspecified atom stereocenters. The molecule has 0 aliphatic rings. The third kappa shape index (κ3) is 9.60. The summed E-state index contributed by atoms with van der Waals surface area (Å²) in [4.78, 5) is 34.0. The van der Waals surface area contributed by atoms with Crippen molar-refractivity contribution < 1.29 is 33.7 Å². The van der Waals surface area contributed by atoms with Crippen LogP contribution in [0.4, 0.5) is 4.79 Å². The number of ether oxygens (including phenoxy) is 3. The van der Waals surface area contributed by atoms with Gasteiger partial charge in [0.15, 0.2) is 0 Å². The first-order valence-corrected chi connectivity index (χ1v) is 8.71. The van der Waals surface area contributed by atoms with Gasteiger partial charge in [0.05, 0.1) is 13.0 Å². The van der Waals surface area contributed by atoms with E-state index in [4.69, 9.17) is 9.47 Å².